The number of aliphatic hydroxyl groups is 2. The van der Waals surface area contributed by atoms with Gasteiger partial charge < -0.3 is 20.4 Å². The van der Waals surface area contributed by atoms with E-state index in [9.17, 15) is 19.8 Å². The van der Waals surface area contributed by atoms with E-state index in [0.29, 0.717) is 17.4 Å². The van der Waals surface area contributed by atoms with E-state index in [1.165, 1.54) is 18.2 Å². The summed E-state index contributed by atoms with van der Waals surface area (Å²) in [4.78, 5) is 22.6. The molecule has 1 aromatic carbocycles. The molecular formula is C13H13NO5. The van der Waals surface area contributed by atoms with Gasteiger partial charge in [-0.3, -0.25) is 9.59 Å². The van der Waals surface area contributed by atoms with E-state index in [2.05, 4.69) is 0 Å². The van der Waals surface area contributed by atoms with E-state index in [4.69, 9.17) is 10.2 Å². The number of hydrogen-bond acceptors (Lipinski definition) is 6. The molecule has 0 aliphatic carbocycles. The number of carbonyl (C=O) groups excluding carboxylic acids is 1. The molecule has 0 aliphatic rings. The van der Waals surface area contributed by atoms with Crippen molar-refractivity contribution in [3.05, 3.63) is 45.8 Å². The van der Waals surface area contributed by atoms with Crippen LogP contribution in [0.3, 0.4) is 0 Å². The Morgan fingerprint density at radius 3 is 2.74 bits per heavy atom. The van der Waals surface area contributed by atoms with Gasteiger partial charge in [0.05, 0.1) is 17.1 Å². The van der Waals surface area contributed by atoms with Gasteiger partial charge in [0.25, 0.3) is 0 Å². The SMILES string of the molecule is NCC(O)C(O)c1ccc2occ(C=O)c(=O)c2c1. The smallest absolute Gasteiger partial charge is 0.203 e. The van der Waals surface area contributed by atoms with E-state index in [1.54, 1.807) is 0 Å². The van der Waals surface area contributed by atoms with Crippen LogP contribution >= 0.6 is 0 Å². The van der Waals surface area contributed by atoms with Gasteiger partial charge in [-0.25, -0.2) is 0 Å². The van der Waals surface area contributed by atoms with E-state index < -0.39 is 17.6 Å². The zero-order chi connectivity index (χ0) is 14.0. The first kappa shape index (κ1) is 13.4. The van der Waals surface area contributed by atoms with Crippen molar-refractivity contribution in [3.63, 3.8) is 0 Å². The number of aliphatic hydroxyl groups excluding tert-OH is 2. The molecule has 4 N–H and O–H groups in total. The maximum absolute atomic E-state index is 11.9. The first-order chi connectivity index (χ1) is 9.08. The zero-order valence-electron chi connectivity index (χ0n) is 9.95. The van der Waals surface area contributed by atoms with Gasteiger partial charge in [0, 0.05) is 6.54 Å². The number of carbonyl (C=O) groups is 1. The Balaban J connectivity index is 2.59. The Kier molecular flexibility index (Phi) is 3.75. The van der Waals surface area contributed by atoms with Gasteiger partial charge >= 0.3 is 0 Å². The second-order valence-corrected chi connectivity index (χ2v) is 4.14. The van der Waals surface area contributed by atoms with Gasteiger partial charge in [-0.1, -0.05) is 6.07 Å². The fourth-order valence-corrected chi connectivity index (χ4v) is 1.78. The lowest BCUT2D eigenvalue weighted by molar-refractivity contribution is 0.0244. The minimum atomic E-state index is -1.20. The third kappa shape index (κ3) is 2.41. The number of rotatable bonds is 4. The average molecular weight is 263 g/mol. The van der Waals surface area contributed by atoms with E-state index in [0.717, 1.165) is 6.26 Å². The molecule has 0 aliphatic heterocycles. The van der Waals surface area contributed by atoms with Crippen LogP contribution in [0.1, 0.15) is 22.0 Å². The number of fused-ring (bicyclic) bond motifs is 1. The molecule has 0 amide bonds. The van der Waals surface area contributed by atoms with Crippen LogP contribution in [0.5, 0.6) is 0 Å². The van der Waals surface area contributed by atoms with Crippen LogP contribution in [0.15, 0.2) is 33.7 Å². The molecular weight excluding hydrogens is 250 g/mol. The lowest BCUT2D eigenvalue weighted by atomic mass is 10.0. The first-order valence-electron chi connectivity index (χ1n) is 5.65. The molecule has 0 radical (unpaired) electrons. The fourth-order valence-electron chi connectivity index (χ4n) is 1.78. The van der Waals surface area contributed by atoms with Crippen LogP contribution in [-0.2, 0) is 0 Å². The summed E-state index contributed by atoms with van der Waals surface area (Å²) >= 11 is 0. The van der Waals surface area contributed by atoms with Crippen molar-refractivity contribution in [1.82, 2.24) is 0 Å². The van der Waals surface area contributed by atoms with Crippen LogP contribution in [0.4, 0.5) is 0 Å². The van der Waals surface area contributed by atoms with Crippen LogP contribution in [0, 0.1) is 0 Å². The monoisotopic (exact) mass is 263 g/mol. The highest BCUT2D eigenvalue weighted by atomic mass is 16.3. The predicted molar refractivity (Wildman–Crippen MR) is 67.9 cm³/mol. The number of aldehydes is 1. The van der Waals surface area contributed by atoms with E-state index in [-0.39, 0.29) is 17.5 Å². The lowest BCUT2D eigenvalue weighted by Crippen LogP contribution is -2.27. The van der Waals surface area contributed by atoms with Gasteiger partial charge in [-0.15, -0.1) is 0 Å². The summed E-state index contributed by atoms with van der Waals surface area (Å²) < 4.78 is 5.14. The van der Waals surface area contributed by atoms with Crippen molar-refractivity contribution in [3.8, 4) is 0 Å². The summed E-state index contributed by atoms with van der Waals surface area (Å²) in [6, 6.07) is 4.40. The van der Waals surface area contributed by atoms with Crippen LogP contribution in [0.25, 0.3) is 11.0 Å². The molecule has 0 fully saturated rings. The van der Waals surface area contributed by atoms with Gasteiger partial charge in [0.1, 0.15) is 18.0 Å². The van der Waals surface area contributed by atoms with Crippen molar-refractivity contribution in [2.24, 2.45) is 5.73 Å². The molecule has 100 valence electrons. The van der Waals surface area contributed by atoms with Crippen molar-refractivity contribution in [1.29, 1.82) is 0 Å². The Morgan fingerprint density at radius 2 is 2.11 bits per heavy atom. The fraction of sp³-hybridized carbons (Fsp3) is 0.231. The standard InChI is InChI=1S/C13H13NO5/c14-4-10(16)13(18)7-1-2-11-9(3-7)12(17)8(5-15)6-19-11/h1-3,5-6,10,13,16,18H,4,14H2. The summed E-state index contributed by atoms with van der Waals surface area (Å²) in [7, 11) is 0. The normalized spacial score (nSPS) is 14.3. The highest BCUT2D eigenvalue weighted by molar-refractivity contribution is 5.84. The zero-order valence-corrected chi connectivity index (χ0v) is 9.95. The third-order valence-corrected chi connectivity index (χ3v) is 2.90. The molecule has 6 nitrogen and oxygen atoms in total. The third-order valence-electron chi connectivity index (χ3n) is 2.90. The van der Waals surface area contributed by atoms with E-state index in [1.807, 2.05) is 0 Å². The maximum atomic E-state index is 11.9. The van der Waals surface area contributed by atoms with Gasteiger partial charge in [0.2, 0.25) is 5.43 Å². The Morgan fingerprint density at radius 1 is 1.37 bits per heavy atom. The molecule has 2 unspecified atom stereocenters. The highest BCUT2D eigenvalue weighted by Gasteiger charge is 2.18. The number of hydrogen-bond donors (Lipinski definition) is 3. The molecule has 0 spiro atoms. The Hall–Kier alpha value is -2.02. The van der Waals surface area contributed by atoms with Crippen molar-refractivity contribution < 1.29 is 19.4 Å². The first-order valence-corrected chi connectivity index (χ1v) is 5.65. The molecule has 1 heterocycles. The minimum Gasteiger partial charge on any atom is -0.463 e. The summed E-state index contributed by atoms with van der Waals surface area (Å²) in [5, 5.41) is 19.5. The van der Waals surface area contributed by atoms with Crippen molar-refractivity contribution in [2.45, 2.75) is 12.2 Å². The molecule has 0 saturated carbocycles. The van der Waals surface area contributed by atoms with Gasteiger partial charge in [-0.05, 0) is 17.7 Å². The Labute approximate surface area is 108 Å². The molecule has 6 heteroatoms. The predicted octanol–water partition coefficient (Wildman–Crippen LogP) is -0.0415. The summed E-state index contributed by atoms with van der Waals surface area (Å²) in [6.45, 7) is -0.109. The van der Waals surface area contributed by atoms with Gasteiger partial charge in [-0.2, -0.15) is 0 Å². The number of nitrogens with two attached hydrogens (primary N) is 1. The van der Waals surface area contributed by atoms with Crippen LogP contribution in [0.2, 0.25) is 0 Å². The van der Waals surface area contributed by atoms with Crippen molar-refractivity contribution >= 4 is 17.3 Å². The Bertz CT molecular complexity index is 664. The second-order valence-electron chi connectivity index (χ2n) is 4.14. The lowest BCUT2D eigenvalue weighted by Gasteiger charge is -2.16. The minimum absolute atomic E-state index is 0.0986. The molecule has 2 atom stereocenters. The molecule has 1 aromatic heterocycles. The molecule has 0 saturated heterocycles. The molecule has 0 bridgehead atoms. The number of benzene rings is 1. The highest BCUT2D eigenvalue weighted by Crippen LogP contribution is 2.21. The van der Waals surface area contributed by atoms with Crippen LogP contribution < -0.4 is 11.2 Å². The van der Waals surface area contributed by atoms with Gasteiger partial charge in [0.15, 0.2) is 6.29 Å². The summed E-state index contributed by atoms with van der Waals surface area (Å²) in [5.41, 5.74) is 5.32. The quantitative estimate of drug-likeness (QED) is 0.667. The molecule has 2 aromatic rings. The largest absolute Gasteiger partial charge is 0.463 e. The van der Waals surface area contributed by atoms with Crippen molar-refractivity contribution in [2.75, 3.05) is 6.54 Å². The summed E-state index contributed by atoms with van der Waals surface area (Å²) in [6.07, 6.45) is -0.835. The summed E-state index contributed by atoms with van der Waals surface area (Å²) in [5.74, 6) is 0. The molecule has 2 rings (SSSR count). The maximum Gasteiger partial charge on any atom is 0.203 e. The second kappa shape index (κ2) is 5.31. The average Bonchev–Trinajstić information content (AvgIpc) is 2.46. The topological polar surface area (TPSA) is 114 Å². The van der Waals surface area contributed by atoms with E-state index >= 15 is 0 Å². The van der Waals surface area contributed by atoms with Crippen LogP contribution in [-0.4, -0.2) is 29.1 Å². The molecule has 19 heavy (non-hydrogen) atoms.